The van der Waals surface area contributed by atoms with Crippen LogP contribution in [0.1, 0.15) is 11.1 Å². The van der Waals surface area contributed by atoms with E-state index in [1.54, 1.807) is 0 Å². The van der Waals surface area contributed by atoms with E-state index in [0.29, 0.717) is 12.8 Å². The maximum atomic E-state index is 12.0. The number of fused-ring (bicyclic) bond motifs is 1. The molecule has 1 atom stereocenters. The highest BCUT2D eigenvalue weighted by molar-refractivity contribution is 5.81. The zero-order valence-electron chi connectivity index (χ0n) is 10.8. The van der Waals surface area contributed by atoms with Crippen LogP contribution in [0.4, 0.5) is 0 Å². The quantitative estimate of drug-likeness (QED) is 0.753. The minimum absolute atomic E-state index is 0.113. The first-order valence-electron chi connectivity index (χ1n) is 6.22. The lowest BCUT2D eigenvalue weighted by Crippen LogP contribution is -2.40. The van der Waals surface area contributed by atoms with Crippen molar-refractivity contribution < 1.29 is 19.4 Å². The lowest BCUT2D eigenvalue weighted by atomic mass is 10.1. The van der Waals surface area contributed by atoms with Gasteiger partial charge in [-0.15, -0.1) is 0 Å². The van der Waals surface area contributed by atoms with E-state index < -0.39 is 12.1 Å². The Morgan fingerprint density at radius 1 is 1.37 bits per heavy atom. The highest BCUT2D eigenvalue weighted by Crippen LogP contribution is 2.26. The van der Waals surface area contributed by atoms with Crippen LogP contribution in [0.2, 0.25) is 0 Å². The van der Waals surface area contributed by atoms with Gasteiger partial charge in [-0.05, 0) is 24.0 Å². The third-order valence-corrected chi connectivity index (χ3v) is 3.36. The van der Waals surface area contributed by atoms with Crippen molar-refractivity contribution in [1.29, 1.82) is 0 Å². The van der Waals surface area contributed by atoms with E-state index in [0.717, 1.165) is 0 Å². The third kappa shape index (κ3) is 3.12. The van der Waals surface area contributed by atoms with Crippen molar-refractivity contribution in [3.05, 3.63) is 35.4 Å². The number of carbonyl (C=O) groups is 2. The Bertz CT molecular complexity index is 461. The Morgan fingerprint density at radius 3 is 2.47 bits per heavy atom. The van der Waals surface area contributed by atoms with Crippen molar-refractivity contribution >= 4 is 11.9 Å². The average molecular weight is 263 g/mol. The molecule has 1 aliphatic carbocycles. The molecular weight excluding hydrogens is 246 g/mol. The van der Waals surface area contributed by atoms with Gasteiger partial charge in [-0.2, -0.15) is 0 Å². The van der Waals surface area contributed by atoms with E-state index in [-0.39, 0.29) is 18.4 Å². The molecule has 0 radical (unpaired) electrons. The van der Waals surface area contributed by atoms with Gasteiger partial charge in [-0.3, -0.25) is 4.79 Å². The molecule has 2 N–H and O–H groups in total. The van der Waals surface area contributed by atoms with Gasteiger partial charge in [0.2, 0.25) is 5.91 Å². The predicted octanol–water partition coefficient (Wildman–Crippen LogP) is 0.0515. The summed E-state index contributed by atoms with van der Waals surface area (Å²) in [7, 11) is 1.20. The number of hydrogen-bond acceptors (Lipinski definition) is 4. The van der Waals surface area contributed by atoms with Gasteiger partial charge in [-0.1, -0.05) is 24.3 Å². The van der Waals surface area contributed by atoms with Gasteiger partial charge in [0.15, 0.2) is 6.10 Å². The molecule has 19 heavy (non-hydrogen) atoms. The topological polar surface area (TPSA) is 75.6 Å². The summed E-state index contributed by atoms with van der Waals surface area (Å²) in [6.07, 6.45) is 0.102. The minimum atomic E-state index is -1.31. The largest absolute Gasteiger partial charge is 0.467 e. The highest BCUT2D eigenvalue weighted by Gasteiger charge is 2.27. The Hall–Kier alpha value is -1.88. The summed E-state index contributed by atoms with van der Waals surface area (Å²) in [4.78, 5) is 23.0. The van der Waals surface area contributed by atoms with Crippen molar-refractivity contribution in [2.75, 3.05) is 13.7 Å². The smallest absolute Gasteiger partial charge is 0.336 e. The predicted molar refractivity (Wildman–Crippen MR) is 68.4 cm³/mol. The van der Waals surface area contributed by atoms with Crippen molar-refractivity contribution in [3.8, 4) is 0 Å². The van der Waals surface area contributed by atoms with Crippen LogP contribution in [0.5, 0.6) is 0 Å². The van der Waals surface area contributed by atoms with Crippen molar-refractivity contribution in [2.24, 2.45) is 5.92 Å². The van der Waals surface area contributed by atoms with Gasteiger partial charge < -0.3 is 15.2 Å². The van der Waals surface area contributed by atoms with Crippen LogP contribution in [0.3, 0.4) is 0 Å². The van der Waals surface area contributed by atoms with Crippen molar-refractivity contribution in [2.45, 2.75) is 18.9 Å². The Kier molecular flexibility index (Phi) is 4.16. The van der Waals surface area contributed by atoms with E-state index in [4.69, 9.17) is 0 Å². The van der Waals surface area contributed by atoms with E-state index >= 15 is 0 Å². The summed E-state index contributed by atoms with van der Waals surface area (Å²) >= 11 is 0. The lowest BCUT2D eigenvalue weighted by Gasteiger charge is -2.13. The minimum Gasteiger partial charge on any atom is -0.467 e. The van der Waals surface area contributed by atoms with Gasteiger partial charge in [0.25, 0.3) is 0 Å². The van der Waals surface area contributed by atoms with Gasteiger partial charge in [0.05, 0.1) is 13.7 Å². The molecule has 2 rings (SSSR count). The molecular formula is C14H17NO4. The molecule has 0 aromatic heterocycles. The van der Waals surface area contributed by atoms with E-state index in [1.807, 2.05) is 24.3 Å². The first-order valence-corrected chi connectivity index (χ1v) is 6.22. The number of amides is 1. The SMILES string of the molecule is COC(=O)C(O)CNC(=O)C1Cc2ccccc2C1. The van der Waals surface area contributed by atoms with Gasteiger partial charge in [-0.25, -0.2) is 4.79 Å². The summed E-state index contributed by atoms with van der Waals surface area (Å²) in [5, 5.41) is 12.0. The zero-order valence-corrected chi connectivity index (χ0v) is 10.8. The number of hydrogen-bond donors (Lipinski definition) is 2. The summed E-state index contributed by atoms with van der Waals surface area (Å²) < 4.78 is 4.38. The van der Waals surface area contributed by atoms with Crippen LogP contribution in [0, 0.1) is 5.92 Å². The van der Waals surface area contributed by atoms with Crippen molar-refractivity contribution in [1.82, 2.24) is 5.32 Å². The molecule has 0 fully saturated rings. The summed E-state index contributed by atoms with van der Waals surface area (Å²) in [6.45, 7) is -0.113. The molecule has 5 nitrogen and oxygen atoms in total. The van der Waals surface area contributed by atoms with Crippen LogP contribution < -0.4 is 5.32 Å². The Balaban J connectivity index is 1.85. The number of aliphatic hydroxyl groups is 1. The molecule has 1 aromatic carbocycles. The Morgan fingerprint density at radius 2 is 1.95 bits per heavy atom. The van der Waals surface area contributed by atoms with Crippen LogP contribution in [-0.4, -0.2) is 36.7 Å². The second kappa shape index (κ2) is 5.84. The number of methoxy groups -OCH3 is 1. The average Bonchev–Trinajstić information content (AvgIpc) is 2.87. The number of aliphatic hydroxyl groups excluding tert-OH is 1. The fourth-order valence-electron chi connectivity index (χ4n) is 2.31. The van der Waals surface area contributed by atoms with E-state index in [2.05, 4.69) is 10.1 Å². The normalized spacial score (nSPS) is 15.7. The molecule has 0 bridgehead atoms. The van der Waals surface area contributed by atoms with Crippen LogP contribution in [-0.2, 0) is 27.2 Å². The summed E-state index contributed by atoms with van der Waals surface area (Å²) in [5.41, 5.74) is 2.38. The van der Waals surface area contributed by atoms with Crippen LogP contribution >= 0.6 is 0 Å². The van der Waals surface area contributed by atoms with Gasteiger partial charge in [0, 0.05) is 5.92 Å². The second-order valence-corrected chi connectivity index (χ2v) is 4.66. The Labute approximate surface area is 111 Å². The van der Waals surface area contributed by atoms with Crippen molar-refractivity contribution in [3.63, 3.8) is 0 Å². The van der Waals surface area contributed by atoms with Crippen LogP contribution in [0.15, 0.2) is 24.3 Å². The third-order valence-electron chi connectivity index (χ3n) is 3.36. The molecule has 1 unspecified atom stereocenters. The molecule has 1 aromatic rings. The summed E-state index contributed by atoms with van der Waals surface area (Å²) in [5.74, 6) is -1.00. The zero-order chi connectivity index (χ0) is 13.8. The van der Waals surface area contributed by atoms with Crippen LogP contribution in [0.25, 0.3) is 0 Å². The number of ether oxygens (including phenoxy) is 1. The lowest BCUT2D eigenvalue weighted by molar-refractivity contribution is -0.150. The molecule has 0 spiro atoms. The second-order valence-electron chi connectivity index (χ2n) is 4.66. The molecule has 1 aliphatic rings. The number of benzene rings is 1. The molecule has 1 amide bonds. The molecule has 0 saturated heterocycles. The first kappa shape index (κ1) is 13.5. The number of nitrogens with one attached hydrogen (secondary N) is 1. The maximum Gasteiger partial charge on any atom is 0.336 e. The van der Waals surface area contributed by atoms with E-state index in [9.17, 15) is 14.7 Å². The fraction of sp³-hybridized carbons (Fsp3) is 0.429. The first-order chi connectivity index (χ1) is 9.11. The highest BCUT2D eigenvalue weighted by atomic mass is 16.5. The molecule has 0 heterocycles. The molecule has 102 valence electrons. The fourth-order valence-corrected chi connectivity index (χ4v) is 2.31. The molecule has 5 heteroatoms. The molecule has 0 saturated carbocycles. The number of esters is 1. The standard InChI is InChI=1S/C14H17NO4/c1-19-14(18)12(16)8-15-13(17)11-6-9-4-2-3-5-10(9)7-11/h2-5,11-12,16H,6-8H2,1H3,(H,15,17). The number of rotatable bonds is 4. The monoisotopic (exact) mass is 263 g/mol. The van der Waals surface area contributed by atoms with Gasteiger partial charge in [0.1, 0.15) is 0 Å². The summed E-state index contributed by atoms with van der Waals surface area (Å²) in [6, 6.07) is 7.96. The maximum absolute atomic E-state index is 12.0. The van der Waals surface area contributed by atoms with Gasteiger partial charge >= 0.3 is 5.97 Å². The molecule has 0 aliphatic heterocycles. The number of carbonyl (C=O) groups excluding carboxylic acids is 2. The van der Waals surface area contributed by atoms with E-state index in [1.165, 1.54) is 18.2 Å².